The van der Waals surface area contributed by atoms with Crippen LogP contribution in [0.15, 0.2) is 34.9 Å². The summed E-state index contributed by atoms with van der Waals surface area (Å²) < 4.78 is 6.60. The lowest BCUT2D eigenvalue weighted by molar-refractivity contribution is 0.326. The predicted octanol–water partition coefficient (Wildman–Crippen LogP) is 3.20. The summed E-state index contributed by atoms with van der Waals surface area (Å²) in [5, 5.41) is 0. The number of anilines is 1. The maximum absolute atomic E-state index is 5.44. The molecule has 1 aliphatic rings. The van der Waals surface area contributed by atoms with E-state index in [0.29, 0.717) is 12.5 Å². The third-order valence-electron chi connectivity index (χ3n) is 3.41. The number of benzene rings is 1. The highest BCUT2D eigenvalue weighted by Crippen LogP contribution is 2.28. The van der Waals surface area contributed by atoms with Crippen LogP contribution in [0.1, 0.15) is 18.1 Å². The summed E-state index contributed by atoms with van der Waals surface area (Å²) in [5.41, 5.74) is 2.72. The van der Waals surface area contributed by atoms with Gasteiger partial charge in [-0.1, -0.05) is 28.1 Å². The number of fused-ring (bicyclic) bond motifs is 1. The molecule has 1 aliphatic heterocycles. The quantitative estimate of drug-likeness (QED) is 0.864. The van der Waals surface area contributed by atoms with Crippen molar-refractivity contribution in [3.8, 4) is 5.88 Å². The van der Waals surface area contributed by atoms with E-state index in [1.165, 1.54) is 11.1 Å². The summed E-state index contributed by atoms with van der Waals surface area (Å²) in [6.07, 6.45) is 2.76. The fourth-order valence-corrected chi connectivity index (χ4v) is 2.96. The van der Waals surface area contributed by atoms with Crippen molar-refractivity contribution in [2.45, 2.75) is 19.9 Å². The summed E-state index contributed by atoms with van der Waals surface area (Å²) in [5.74, 6) is 1.37. The summed E-state index contributed by atoms with van der Waals surface area (Å²) in [7, 11) is 0. The molecule has 0 saturated heterocycles. The molecular formula is C15H16BrN3O. The van der Waals surface area contributed by atoms with Crippen LogP contribution in [0.3, 0.4) is 0 Å². The van der Waals surface area contributed by atoms with Crippen LogP contribution in [0, 0.1) is 0 Å². The van der Waals surface area contributed by atoms with Gasteiger partial charge in [-0.3, -0.25) is 0 Å². The molecule has 0 bridgehead atoms. The van der Waals surface area contributed by atoms with Gasteiger partial charge < -0.3 is 9.64 Å². The molecule has 1 aromatic carbocycles. The van der Waals surface area contributed by atoms with Crippen molar-refractivity contribution >= 4 is 21.9 Å². The van der Waals surface area contributed by atoms with Crippen LogP contribution in [0.25, 0.3) is 0 Å². The second kappa shape index (κ2) is 5.79. The molecule has 20 heavy (non-hydrogen) atoms. The average molecular weight is 334 g/mol. The molecule has 104 valence electrons. The topological polar surface area (TPSA) is 38.2 Å². The van der Waals surface area contributed by atoms with Crippen molar-refractivity contribution in [2.75, 3.05) is 18.1 Å². The Balaban J connectivity index is 1.86. The number of rotatable bonds is 3. The lowest BCUT2D eigenvalue weighted by atomic mass is 10.0. The normalized spacial score (nSPS) is 14.0. The number of nitrogens with zero attached hydrogens (tertiary/aromatic N) is 3. The first kappa shape index (κ1) is 13.4. The van der Waals surface area contributed by atoms with Crippen molar-refractivity contribution in [3.05, 3.63) is 46.1 Å². The van der Waals surface area contributed by atoms with Gasteiger partial charge in [0.1, 0.15) is 0 Å². The molecule has 0 aliphatic carbocycles. The van der Waals surface area contributed by atoms with Crippen LogP contribution >= 0.6 is 15.9 Å². The number of hydrogen-bond acceptors (Lipinski definition) is 4. The highest BCUT2D eigenvalue weighted by atomic mass is 79.9. The molecule has 5 heteroatoms. The fraction of sp³-hybridized carbons (Fsp3) is 0.333. The van der Waals surface area contributed by atoms with Gasteiger partial charge >= 0.3 is 0 Å². The number of halogens is 1. The van der Waals surface area contributed by atoms with E-state index in [0.717, 1.165) is 29.9 Å². The predicted molar refractivity (Wildman–Crippen MR) is 82.1 cm³/mol. The Hall–Kier alpha value is -1.62. The molecule has 0 fully saturated rings. The standard InChI is InChI=1S/C15H16BrN3O/c1-2-20-14-6-8-17-15(18-14)19-9-7-11-4-3-5-13(16)12(11)10-19/h3-6,8H,2,7,9-10H2,1H3. The van der Waals surface area contributed by atoms with Crippen molar-refractivity contribution in [1.29, 1.82) is 0 Å². The Labute approximate surface area is 126 Å². The lowest BCUT2D eigenvalue weighted by Gasteiger charge is -2.29. The maximum atomic E-state index is 5.44. The van der Waals surface area contributed by atoms with Gasteiger partial charge in [0.15, 0.2) is 0 Å². The minimum Gasteiger partial charge on any atom is -0.478 e. The molecule has 1 aromatic heterocycles. The van der Waals surface area contributed by atoms with Crippen molar-refractivity contribution < 1.29 is 4.74 Å². The summed E-state index contributed by atoms with van der Waals surface area (Å²) >= 11 is 3.63. The van der Waals surface area contributed by atoms with Gasteiger partial charge in [0.25, 0.3) is 0 Å². The van der Waals surface area contributed by atoms with Gasteiger partial charge in [-0.25, -0.2) is 4.98 Å². The number of hydrogen-bond donors (Lipinski definition) is 0. The van der Waals surface area contributed by atoms with E-state index >= 15 is 0 Å². The zero-order valence-corrected chi connectivity index (χ0v) is 12.9. The molecule has 0 saturated carbocycles. The van der Waals surface area contributed by atoms with E-state index in [9.17, 15) is 0 Å². The Morgan fingerprint density at radius 1 is 1.35 bits per heavy atom. The Bertz CT molecular complexity index is 618. The van der Waals surface area contributed by atoms with Crippen LogP contribution in [0.2, 0.25) is 0 Å². The zero-order chi connectivity index (χ0) is 13.9. The third-order valence-corrected chi connectivity index (χ3v) is 4.15. The molecule has 0 N–H and O–H groups in total. The van der Waals surface area contributed by atoms with Crippen molar-refractivity contribution in [3.63, 3.8) is 0 Å². The van der Waals surface area contributed by atoms with Crippen LogP contribution < -0.4 is 9.64 Å². The zero-order valence-electron chi connectivity index (χ0n) is 11.3. The van der Waals surface area contributed by atoms with Gasteiger partial charge in [-0.2, -0.15) is 4.98 Å². The highest BCUT2D eigenvalue weighted by molar-refractivity contribution is 9.10. The van der Waals surface area contributed by atoms with E-state index in [2.05, 4.69) is 49.0 Å². The van der Waals surface area contributed by atoms with Crippen LogP contribution in [0.5, 0.6) is 5.88 Å². The second-order valence-corrected chi connectivity index (χ2v) is 5.53. The Morgan fingerprint density at radius 2 is 2.25 bits per heavy atom. The molecule has 0 unspecified atom stereocenters. The van der Waals surface area contributed by atoms with Crippen LogP contribution in [0.4, 0.5) is 5.95 Å². The molecule has 0 atom stereocenters. The smallest absolute Gasteiger partial charge is 0.228 e. The maximum Gasteiger partial charge on any atom is 0.228 e. The van der Waals surface area contributed by atoms with E-state index < -0.39 is 0 Å². The van der Waals surface area contributed by atoms with Gasteiger partial charge in [0.2, 0.25) is 11.8 Å². The second-order valence-electron chi connectivity index (χ2n) is 4.68. The van der Waals surface area contributed by atoms with Gasteiger partial charge in [-0.15, -0.1) is 0 Å². The summed E-state index contributed by atoms with van der Waals surface area (Å²) in [6, 6.07) is 8.15. The fourth-order valence-electron chi connectivity index (χ4n) is 2.42. The minimum absolute atomic E-state index is 0.616. The van der Waals surface area contributed by atoms with Crippen molar-refractivity contribution in [1.82, 2.24) is 9.97 Å². The van der Waals surface area contributed by atoms with Gasteiger partial charge in [0.05, 0.1) is 6.61 Å². The highest BCUT2D eigenvalue weighted by Gasteiger charge is 2.20. The SMILES string of the molecule is CCOc1ccnc(N2CCc3cccc(Br)c3C2)n1. The Kier molecular flexibility index (Phi) is 3.87. The summed E-state index contributed by atoms with van der Waals surface area (Å²) in [4.78, 5) is 11.0. The van der Waals surface area contributed by atoms with E-state index in [-0.39, 0.29) is 0 Å². The molecule has 4 nitrogen and oxygen atoms in total. The molecule has 0 radical (unpaired) electrons. The molecule has 3 rings (SSSR count). The molecule has 0 amide bonds. The monoisotopic (exact) mass is 333 g/mol. The van der Waals surface area contributed by atoms with E-state index in [4.69, 9.17) is 4.74 Å². The first-order chi connectivity index (χ1) is 9.78. The first-order valence-electron chi connectivity index (χ1n) is 6.75. The Morgan fingerprint density at radius 3 is 3.10 bits per heavy atom. The third kappa shape index (κ3) is 2.63. The van der Waals surface area contributed by atoms with Crippen LogP contribution in [-0.4, -0.2) is 23.1 Å². The van der Waals surface area contributed by atoms with Crippen molar-refractivity contribution in [2.24, 2.45) is 0 Å². The van der Waals surface area contributed by atoms with E-state index in [1.807, 2.05) is 6.92 Å². The van der Waals surface area contributed by atoms with Gasteiger partial charge in [-0.05, 0) is 30.5 Å². The van der Waals surface area contributed by atoms with E-state index in [1.54, 1.807) is 12.3 Å². The number of ether oxygens (including phenoxy) is 1. The lowest BCUT2D eigenvalue weighted by Crippen LogP contribution is -2.32. The molecule has 2 aromatic rings. The average Bonchev–Trinajstić information content (AvgIpc) is 2.48. The summed E-state index contributed by atoms with van der Waals surface area (Å²) in [6.45, 7) is 4.33. The first-order valence-corrected chi connectivity index (χ1v) is 7.54. The molecule has 2 heterocycles. The molecule has 0 spiro atoms. The van der Waals surface area contributed by atoms with Gasteiger partial charge in [0, 0.05) is 29.8 Å². The largest absolute Gasteiger partial charge is 0.478 e. The molecular weight excluding hydrogens is 318 g/mol. The minimum atomic E-state index is 0.616. The number of aromatic nitrogens is 2. The van der Waals surface area contributed by atoms with Crippen LogP contribution in [-0.2, 0) is 13.0 Å².